The van der Waals surface area contributed by atoms with Gasteiger partial charge in [-0.3, -0.25) is 0 Å². The molecule has 0 aromatic heterocycles. The van der Waals surface area contributed by atoms with E-state index >= 15 is 0 Å². The highest BCUT2D eigenvalue weighted by molar-refractivity contribution is 5.75. The van der Waals surface area contributed by atoms with E-state index in [1.165, 1.54) is 36.4 Å². The Bertz CT molecular complexity index is 880. The highest BCUT2D eigenvalue weighted by Crippen LogP contribution is 2.35. The maximum atomic E-state index is 13.4. The molecule has 2 aromatic carbocycles. The summed E-state index contributed by atoms with van der Waals surface area (Å²) >= 11 is 0. The van der Waals surface area contributed by atoms with Gasteiger partial charge in [0.15, 0.2) is 0 Å². The van der Waals surface area contributed by atoms with Gasteiger partial charge in [0, 0.05) is 12.5 Å². The molecule has 2 unspecified atom stereocenters. The van der Waals surface area contributed by atoms with E-state index in [0.29, 0.717) is 18.7 Å². The lowest BCUT2D eigenvalue weighted by Crippen LogP contribution is -2.59. The molecule has 1 aliphatic heterocycles. The Balaban J connectivity index is 1.73. The van der Waals surface area contributed by atoms with Crippen molar-refractivity contribution in [3.8, 4) is 0 Å². The number of ether oxygens (including phenoxy) is 1. The Morgan fingerprint density at radius 2 is 1.81 bits per heavy atom. The lowest BCUT2D eigenvalue weighted by molar-refractivity contribution is -0.138. The molecule has 0 saturated carbocycles. The third-order valence-corrected chi connectivity index (χ3v) is 5.44. The van der Waals surface area contributed by atoms with E-state index < -0.39 is 23.7 Å². The van der Waals surface area contributed by atoms with E-state index in [0.717, 1.165) is 12.5 Å². The smallest absolute Gasteiger partial charge is 0.366 e. The van der Waals surface area contributed by atoms with Crippen molar-refractivity contribution in [2.24, 2.45) is 0 Å². The summed E-state index contributed by atoms with van der Waals surface area (Å²) in [5.74, 6) is -0.435. The fourth-order valence-electron chi connectivity index (χ4n) is 3.42. The number of urea groups is 1. The van der Waals surface area contributed by atoms with Crippen LogP contribution in [0.5, 0.6) is 0 Å². The summed E-state index contributed by atoms with van der Waals surface area (Å²) in [7, 11) is 0. The number of nitrogens with zero attached hydrogens (tertiary/aromatic N) is 1. The van der Waals surface area contributed by atoms with Gasteiger partial charge in [-0.1, -0.05) is 37.3 Å². The fourth-order valence-corrected chi connectivity index (χ4v) is 3.42. The first-order valence-electron chi connectivity index (χ1n) is 10.3. The van der Waals surface area contributed by atoms with Gasteiger partial charge in [-0.05, 0) is 42.7 Å². The molecule has 0 aliphatic carbocycles. The van der Waals surface area contributed by atoms with Crippen LogP contribution in [0.25, 0.3) is 0 Å². The minimum absolute atomic E-state index is 0.0170. The first kappa shape index (κ1) is 23.1. The van der Waals surface area contributed by atoms with Crippen LogP contribution in [0.15, 0.2) is 48.5 Å². The number of carbonyl (C=O) groups excluding carboxylic acids is 1. The van der Waals surface area contributed by atoms with E-state index in [1.54, 1.807) is 11.0 Å². The van der Waals surface area contributed by atoms with Crippen molar-refractivity contribution in [1.29, 1.82) is 0 Å². The van der Waals surface area contributed by atoms with E-state index in [4.69, 9.17) is 4.74 Å². The van der Waals surface area contributed by atoms with Crippen molar-refractivity contribution in [2.45, 2.75) is 51.1 Å². The zero-order valence-electron chi connectivity index (χ0n) is 17.5. The van der Waals surface area contributed by atoms with E-state index in [9.17, 15) is 22.4 Å². The fraction of sp³-hybridized carbons (Fsp3) is 0.435. The second-order valence-corrected chi connectivity index (χ2v) is 7.82. The Hall–Kier alpha value is -2.61. The number of halogens is 4. The van der Waals surface area contributed by atoms with Crippen molar-refractivity contribution in [1.82, 2.24) is 10.2 Å². The number of hydrogen-bond acceptors (Lipinski definition) is 2. The average molecular weight is 438 g/mol. The largest absolute Gasteiger partial charge is 0.416 e. The first-order valence-corrected chi connectivity index (χ1v) is 10.3. The van der Waals surface area contributed by atoms with Gasteiger partial charge in [0.05, 0.1) is 30.9 Å². The van der Waals surface area contributed by atoms with Gasteiger partial charge < -0.3 is 15.0 Å². The summed E-state index contributed by atoms with van der Waals surface area (Å²) in [6.07, 6.45) is -4.70. The molecule has 1 aliphatic rings. The Kier molecular flexibility index (Phi) is 7.20. The minimum atomic E-state index is -4.48. The molecule has 8 heteroatoms. The summed E-state index contributed by atoms with van der Waals surface area (Å²) < 4.78 is 59.7. The number of amides is 2. The number of carbonyl (C=O) groups is 1. The average Bonchev–Trinajstić information content (AvgIpc) is 2.69. The van der Waals surface area contributed by atoms with Crippen molar-refractivity contribution < 1.29 is 27.1 Å². The Morgan fingerprint density at radius 3 is 2.42 bits per heavy atom. The zero-order chi connectivity index (χ0) is 22.6. The number of rotatable bonds is 7. The van der Waals surface area contributed by atoms with Crippen LogP contribution in [0.2, 0.25) is 0 Å². The number of benzene rings is 2. The van der Waals surface area contributed by atoms with Crippen LogP contribution in [0.1, 0.15) is 43.1 Å². The molecule has 2 amide bonds. The second kappa shape index (κ2) is 9.68. The molecule has 4 nitrogen and oxygen atoms in total. The molecule has 1 saturated heterocycles. The molecule has 0 bridgehead atoms. The molecule has 0 radical (unpaired) electrons. The highest BCUT2D eigenvalue weighted by Gasteiger charge is 2.36. The maximum Gasteiger partial charge on any atom is 0.416 e. The van der Waals surface area contributed by atoms with Crippen molar-refractivity contribution in [3.63, 3.8) is 0 Å². The topological polar surface area (TPSA) is 41.6 Å². The number of likely N-dealkylation sites (tertiary alicyclic amines) is 1. The third-order valence-electron chi connectivity index (χ3n) is 5.44. The normalized spacial score (nSPS) is 16.5. The number of alkyl halides is 3. The summed E-state index contributed by atoms with van der Waals surface area (Å²) in [6.45, 7) is 4.58. The van der Waals surface area contributed by atoms with E-state index in [2.05, 4.69) is 5.32 Å². The second-order valence-electron chi connectivity index (χ2n) is 7.82. The summed E-state index contributed by atoms with van der Waals surface area (Å²) in [4.78, 5) is 13.8. The molecule has 1 N–H and O–H groups in total. The van der Waals surface area contributed by atoms with Gasteiger partial charge in [0.1, 0.15) is 5.82 Å². The molecular formula is C23H26F4N2O2. The lowest BCUT2D eigenvalue weighted by Gasteiger charge is -2.41. The van der Waals surface area contributed by atoms with Crippen LogP contribution >= 0.6 is 0 Å². The van der Waals surface area contributed by atoms with Gasteiger partial charge in [0.2, 0.25) is 0 Å². The molecule has 1 heterocycles. The van der Waals surface area contributed by atoms with Crippen molar-refractivity contribution in [3.05, 3.63) is 71.0 Å². The first-order chi connectivity index (χ1) is 14.7. The lowest BCUT2D eigenvalue weighted by atomic mass is 9.96. The Labute approximate surface area is 179 Å². The van der Waals surface area contributed by atoms with Gasteiger partial charge in [-0.15, -0.1) is 0 Å². The standard InChI is InChI=1S/C23H26F4N2O2/c1-3-15(2)28-22(30)29-13-19(14-29)31-21(16-8-10-18(24)11-9-16)12-17-6-4-5-7-20(17)23(25,26)27/h4-11,15,19,21H,3,12-14H2,1-2H3,(H,28,30). The van der Waals surface area contributed by atoms with E-state index in [-0.39, 0.29) is 30.2 Å². The monoisotopic (exact) mass is 438 g/mol. The molecule has 2 aromatic rings. The quantitative estimate of drug-likeness (QED) is 0.593. The Morgan fingerprint density at radius 1 is 1.16 bits per heavy atom. The molecular weight excluding hydrogens is 412 g/mol. The summed E-state index contributed by atoms with van der Waals surface area (Å²) in [6, 6.07) is 10.8. The molecule has 3 rings (SSSR count). The molecule has 0 spiro atoms. The van der Waals surface area contributed by atoms with Crippen LogP contribution in [-0.4, -0.2) is 36.2 Å². The van der Waals surface area contributed by atoms with Crippen molar-refractivity contribution in [2.75, 3.05) is 13.1 Å². The predicted octanol–water partition coefficient (Wildman–Crippen LogP) is 5.34. The summed E-state index contributed by atoms with van der Waals surface area (Å²) in [5, 5.41) is 2.87. The van der Waals surface area contributed by atoms with Gasteiger partial charge >= 0.3 is 12.2 Å². The third kappa shape index (κ3) is 5.97. The van der Waals surface area contributed by atoms with Crippen molar-refractivity contribution >= 4 is 6.03 Å². The van der Waals surface area contributed by atoms with Crippen LogP contribution in [0, 0.1) is 5.82 Å². The van der Waals surface area contributed by atoms with Crippen LogP contribution < -0.4 is 5.32 Å². The molecule has 31 heavy (non-hydrogen) atoms. The van der Waals surface area contributed by atoms with Gasteiger partial charge in [-0.25, -0.2) is 9.18 Å². The van der Waals surface area contributed by atoms with Gasteiger partial charge in [0.25, 0.3) is 0 Å². The van der Waals surface area contributed by atoms with E-state index in [1.807, 2.05) is 13.8 Å². The maximum absolute atomic E-state index is 13.4. The molecule has 1 fully saturated rings. The van der Waals surface area contributed by atoms with Gasteiger partial charge in [-0.2, -0.15) is 13.2 Å². The summed E-state index contributed by atoms with van der Waals surface area (Å²) in [5.41, 5.74) is -0.0234. The zero-order valence-corrected chi connectivity index (χ0v) is 17.5. The van der Waals surface area contributed by atoms with Crippen LogP contribution in [0.4, 0.5) is 22.4 Å². The number of hydrogen-bond donors (Lipinski definition) is 1. The number of nitrogens with one attached hydrogen (secondary N) is 1. The van der Waals surface area contributed by atoms with Crippen LogP contribution in [-0.2, 0) is 17.3 Å². The minimum Gasteiger partial charge on any atom is -0.366 e. The molecule has 168 valence electrons. The predicted molar refractivity (Wildman–Crippen MR) is 109 cm³/mol. The van der Waals surface area contributed by atoms with Crippen LogP contribution in [0.3, 0.4) is 0 Å². The highest BCUT2D eigenvalue weighted by atomic mass is 19.4. The SMILES string of the molecule is CCC(C)NC(=O)N1CC(OC(Cc2ccccc2C(F)(F)F)c2ccc(F)cc2)C1. The molecule has 2 atom stereocenters.